The summed E-state index contributed by atoms with van der Waals surface area (Å²) in [7, 11) is 0. The fourth-order valence-corrected chi connectivity index (χ4v) is 1.29. The highest BCUT2D eigenvalue weighted by Crippen LogP contribution is 2.32. The first-order valence-corrected chi connectivity index (χ1v) is 4.58. The highest BCUT2D eigenvalue weighted by molar-refractivity contribution is 5.47. The van der Waals surface area contributed by atoms with Crippen molar-refractivity contribution in [1.82, 2.24) is 0 Å². The molecule has 0 aliphatic carbocycles. The van der Waals surface area contributed by atoms with Gasteiger partial charge in [0.25, 0.3) is 5.69 Å². The SMILES string of the molecule is [CH2]C(C)c1cc(OC(F)(F)F)ccc1[N+](=O)[O-]. The van der Waals surface area contributed by atoms with E-state index in [1.54, 1.807) is 6.92 Å². The van der Waals surface area contributed by atoms with Gasteiger partial charge in [0.1, 0.15) is 5.75 Å². The second kappa shape index (κ2) is 4.60. The average Bonchev–Trinajstić information content (AvgIpc) is 2.14. The Morgan fingerprint density at radius 1 is 1.47 bits per heavy atom. The van der Waals surface area contributed by atoms with Gasteiger partial charge in [-0.1, -0.05) is 6.92 Å². The molecule has 0 saturated heterocycles. The van der Waals surface area contributed by atoms with Crippen LogP contribution in [0, 0.1) is 17.0 Å². The van der Waals surface area contributed by atoms with Gasteiger partial charge in [0.05, 0.1) is 4.92 Å². The number of nitro groups is 1. The summed E-state index contributed by atoms with van der Waals surface area (Å²) in [5.74, 6) is -1.01. The zero-order valence-electron chi connectivity index (χ0n) is 8.82. The molecule has 0 aliphatic rings. The molecule has 0 saturated carbocycles. The van der Waals surface area contributed by atoms with E-state index >= 15 is 0 Å². The Kier molecular flexibility index (Phi) is 3.59. The third-order valence-corrected chi connectivity index (χ3v) is 1.96. The molecule has 17 heavy (non-hydrogen) atoms. The molecule has 0 heterocycles. The number of nitro benzene ring substituents is 1. The minimum Gasteiger partial charge on any atom is -0.406 e. The van der Waals surface area contributed by atoms with Gasteiger partial charge in [-0.15, -0.1) is 13.2 Å². The Morgan fingerprint density at radius 3 is 2.47 bits per heavy atom. The van der Waals surface area contributed by atoms with Gasteiger partial charge in [0, 0.05) is 11.6 Å². The van der Waals surface area contributed by atoms with Crippen LogP contribution in [0.4, 0.5) is 18.9 Å². The van der Waals surface area contributed by atoms with Crippen molar-refractivity contribution in [2.45, 2.75) is 19.2 Å². The maximum absolute atomic E-state index is 12.0. The number of halogens is 3. The highest BCUT2D eigenvalue weighted by Gasteiger charge is 2.31. The van der Waals surface area contributed by atoms with Gasteiger partial charge in [-0.3, -0.25) is 10.1 Å². The second-order valence-electron chi connectivity index (χ2n) is 3.43. The van der Waals surface area contributed by atoms with Crippen molar-refractivity contribution < 1.29 is 22.8 Å². The lowest BCUT2D eigenvalue weighted by Crippen LogP contribution is -2.17. The third kappa shape index (κ3) is 3.61. The van der Waals surface area contributed by atoms with Gasteiger partial charge >= 0.3 is 6.36 Å². The average molecular weight is 248 g/mol. The van der Waals surface area contributed by atoms with E-state index in [0.29, 0.717) is 0 Å². The lowest BCUT2D eigenvalue weighted by molar-refractivity contribution is -0.385. The van der Waals surface area contributed by atoms with Crippen LogP contribution in [0.15, 0.2) is 18.2 Å². The second-order valence-corrected chi connectivity index (χ2v) is 3.43. The monoisotopic (exact) mass is 248 g/mol. The molecule has 0 fully saturated rings. The molecule has 4 nitrogen and oxygen atoms in total. The van der Waals surface area contributed by atoms with E-state index in [9.17, 15) is 23.3 Å². The van der Waals surface area contributed by atoms with E-state index in [0.717, 1.165) is 18.2 Å². The minimum absolute atomic E-state index is 0.0942. The number of benzene rings is 1. The van der Waals surface area contributed by atoms with E-state index in [1.807, 2.05) is 0 Å². The zero-order valence-corrected chi connectivity index (χ0v) is 8.82. The van der Waals surface area contributed by atoms with Crippen LogP contribution >= 0.6 is 0 Å². The Hall–Kier alpha value is -1.79. The fraction of sp³-hybridized carbons (Fsp3) is 0.300. The maximum atomic E-state index is 12.0. The molecular weight excluding hydrogens is 239 g/mol. The maximum Gasteiger partial charge on any atom is 0.573 e. The van der Waals surface area contributed by atoms with Crippen LogP contribution in [0.1, 0.15) is 18.4 Å². The number of nitrogens with zero attached hydrogens (tertiary/aromatic N) is 1. The van der Waals surface area contributed by atoms with Crippen LogP contribution in [-0.4, -0.2) is 11.3 Å². The molecule has 0 aliphatic heterocycles. The van der Waals surface area contributed by atoms with Crippen molar-refractivity contribution in [3.63, 3.8) is 0 Å². The van der Waals surface area contributed by atoms with Crippen molar-refractivity contribution in [3.8, 4) is 5.75 Å². The number of rotatable bonds is 3. The molecule has 1 aromatic rings. The van der Waals surface area contributed by atoms with Gasteiger partial charge in [0.15, 0.2) is 0 Å². The standard InChI is InChI=1S/C10H9F3NO3/c1-6(2)8-5-7(17-10(11,12)13)3-4-9(8)14(15)16/h3-6H,1H2,2H3. The Labute approximate surface area is 95.2 Å². The van der Waals surface area contributed by atoms with Crippen LogP contribution in [0.25, 0.3) is 0 Å². The summed E-state index contributed by atoms with van der Waals surface area (Å²) in [6, 6.07) is 2.85. The van der Waals surface area contributed by atoms with Crippen LogP contribution in [0.2, 0.25) is 0 Å². The van der Waals surface area contributed by atoms with Crippen molar-refractivity contribution in [2.24, 2.45) is 0 Å². The molecule has 0 spiro atoms. The molecule has 1 aromatic carbocycles. The molecule has 1 radical (unpaired) electrons. The quantitative estimate of drug-likeness (QED) is 0.608. The summed E-state index contributed by atoms with van der Waals surface area (Å²) in [6.45, 7) is 5.09. The first-order chi connectivity index (χ1) is 7.70. The summed E-state index contributed by atoms with van der Waals surface area (Å²) < 4.78 is 39.6. The molecule has 1 atom stereocenters. The molecule has 0 amide bonds. The molecule has 7 heteroatoms. The summed E-state index contributed by atoms with van der Waals surface area (Å²) in [5.41, 5.74) is -0.182. The van der Waals surface area contributed by atoms with E-state index < -0.39 is 23.0 Å². The number of alkyl halides is 3. The largest absolute Gasteiger partial charge is 0.573 e. The zero-order chi connectivity index (χ0) is 13.2. The van der Waals surface area contributed by atoms with E-state index in [-0.39, 0.29) is 11.3 Å². The molecule has 0 N–H and O–H groups in total. The summed E-state index contributed by atoms with van der Waals surface area (Å²) in [4.78, 5) is 9.97. The number of hydrogen-bond acceptors (Lipinski definition) is 3. The topological polar surface area (TPSA) is 52.4 Å². The Morgan fingerprint density at radius 2 is 2.06 bits per heavy atom. The van der Waals surface area contributed by atoms with Gasteiger partial charge in [-0.2, -0.15) is 0 Å². The molecule has 1 unspecified atom stereocenters. The van der Waals surface area contributed by atoms with Crippen LogP contribution in [-0.2, 0) is 0 Å². The van der Waals surface area contributed by atoms with Crippen LogP contribution in [0.5, 0.6) is 5.75 Å². The van der Waals surface area contributed by atoms with E-state index in [4.69, 9.17) is 0 Å². The number of hydrogen-bond donors (Lipinski definition) is 0. The summed E-state index contributed by atoms with van der Waals surface area (Å²) >= 11 is 0. The molecule has 0 aromatic heterocycles. The van der Waals surface area contributed by atoms with Crippen molar-refractivity contribution in [2.75, 3.05) is 0 Å². The van der Waals surface area contributed by atoms with Crippen molar-refractivity contribution in [3.05, 3.63) is 40.8 Å². The van der Waals surface area contributed by atoms with Crippen molar-refractivity contribution in [1.29, 1.82) is 0 Å². The van der Waals surface area contributed by atoms with Gasteiger partial charge in [-0.25, -0.2) is 0 Å². The Bertz CT molecular complexity index is 429. The van der Waals surface area contributed by atoms with E-state index in [2.05, 4.69) is 11.7 Å². The number of ether oxygens (including phenoxy) is 1. The minimum atomic E-state index is -4.82. The summed E-state index contributed by atoms with van der Waals surface area (Å²) in [5, 5.41) is 10.6. The van der Waals surface area contributed by atoms with E-state index in [1.165, 1.54) is 0 Å². The molecular formula is C10H9F3NO3. The van der Waals surface area contributed by atoms with Crippen molar-refractivity contribution >= 4 is 5.69 Å². The fourth-order valence-electron chi connectivity index (χ4n) is 1.29. The predicted octanol–water partition coefficient (Wildman–Crippen LogP) is 3.43. The predicted molar refractivity (Wildman–Crippen MR) is 53.6 cm³/mol. The van der Waals surface area contributed by atoms with Crippen LogP contribution < -0.4 is 4.74 Å². The normalized spacial score (nSPS) is 11.6. The van der Waals surface area contributed by atoms with Gasteiger partial charge in [0.2, 0.25) is 0 Å². The lowest BCUT2D eigenvalue weighted by atomic mass is 10.0. The molecule has 0 bridgehead atoms. The molecule has 1 rings (SSSR count). The first kappa shape index (κ1) is 13.3. The van der Waals surface area contributed by atoms with Gasteiger partial charge < -0.3 is 4.74 Å². The first-order valence-electron chi connectivity index (χ1n) is 4.58. The smallest absolute Gasteiger partial charge is 0.406 e. The highest BCUT2D eigenvalue weighted by atomic mass is 19.4. The summed E-state index contributed by atoms with van der Waals surface area (Å²) in [6.07, 6.45) is -4.82. The molecule has 93 valence electrons. The third-order valence-electron chi connectivity index (χ3n) is 1.96. The van der Waals surface area contributed by atoms with Crippen LogP contribution in [0.3, 0.4) is 0 Å². The Balaban J connectivity index is 3.15. The van der Waals surface area contributed by atoms with Gasteiger partial charge in [-0.05, 0) is 25.0 Å². The lowest BCUT2D eigenvalue weighted by Gasteiger charge is -2.11.